The number of hydrogen-bond acceptors (Lipinski definition) is 5. The molecule has 8 nitrogen and oxygen atoms in total. The number of H-pyrrole nitrogens is 1. The summed E-state index contributed by atoms with van der Waals surface area (Å²) < 4.78 is 43.2. The van der Waals surface area contributed by atoms with Crippen molar-refractivity contribution in [3.8, 4) is 11.8 Å². The molecule has 0 radical (unpaired) electrons. The van der Waals surface area contributed by atoms with Gasteiger partial charge in [-0.25, -0.2) is 9.89 Å². The second kappa shape index (κ2) is 11.0. The number of pyridine rings is 1. The van der Waals surface area contributed by atoms with Crippen LogP contribution in [0.4, 0.5) is 18.9 Å². The Kier molecular flexibility index (Phi) is 7.47. The molecule has 1 aliphatic heterocycles. The molecule has 2 aromatic carbocycles. The number of aryl methyl sites for hydroxylation is 1. The zero-order valence-corrected chi connectivity index (χ0v) is 22.0. The SMILES string of the molecule is Cc1ccc(C(=O)Nc2ccc(CN3CCN(C)CC3)c(C(F)(F)F)c2)cc1C#Cc1ccn2c(=O)[nH]nc2c1. The van der Waals surface area contributed by atoms with Gasteiger partial charge in [-0.2, -0.15) is 18.3 Å². The van der Waals surface area contributed by atoms with Crippen molar-refractivity contribution in [2.45, 2.75) is 19.6 Å². The summed E-state index contributed by atoms with van der Waals surface area (Å²) >= 11 is 0. The van der Waals surface area contributed by atoms with Crippen LogP contribution in [0.2, 0.25) is 0 Å². The number of fused-ring (bicyclic) bond motifs is 1. The Hall–Kier alpha value is -4.40. The van der Waals surface area contributed by atoms with E-state index >= 15 is 0 Å². The number of rotatable bonds is 4. The van der Waals surface area contributed by atoms with Gasteiger partial charge in [0.2, 0.25) is 0 Å². The largest absolute Gasteiger partial charge is 0.416 e. The summed E-state index contributed by atoms with van der Waals surface area (Å²) in [5.74, 6) is 5.49. The predicted octanol–water partition coefficient (Wildman–Crippen LogP) is 3.75. The normalized spacial score (nSPS) is 14.6. The molecule has 0 atom stereocenters. The maximum Gasteiger partial charge on any atom is 0.416 e. The summed E-state index contributed by atoms with van der Waals surface area (Å²) in [6.45, 7) is 5.04. The molecule has 2 aromatic heterocycles. The highest BCUT2D eigenvalue weighted by Crippen LogP contribution is 2.34. The van der Waals surface area contributed by atoms with Crippen molar-refractivity contribution in [2.75, 3.05) is 38.5 Å². The van der Waals surface area contributed by atoms with E-state index in [2.05, 4.69) is 32.3 Å². The second-order valence-electron chi connectivity index (χ2n) is 9.86. The average Bonchev–Trinajstić information content (AvgIpc) is 3.29. The van der Waals surface area contributed by atoms with Gasteiger partial charge in [-0.05, 0) is 61.5 Å². The molecule has 0 bridgehead atoms. The third-order valence-electron chi connectivity index (χ3n) is 6.92. The van der Waals surface area contributed by atoms with Gasteiger partial charge in [-0.15, -0.1) is 0 Å². The van der Waals surface area contributed by atoms with Crippen LogP contribution < -0.4 is 11.0 Å². The van der Waals surface area contributed by atoms with Crippen molar-refractivity contribution >= 4 is 17.2 Å². The van der Waals surface area contributed by atoms with E-state index in [1.54, 1.807) is 36.5 Å². The number of hydrogen-bond donors (Lipinski definition) is 2. The Morgan fingerprint density at radius 3 is 2.58 bits per heavy atom. The second-order valence-corrected chi connectivity index (χ2v) is 9.86. The lowest BCUT2D eigenvalue weighted by molar-refractivity contribution is -0.138. The molecule has 1 amide bonds. The van der Waals surface area contributed by atoms with E-state index in [0.29, 0.717) is 29.9 Å². The van der Waals surface area contributed by atoms with E-state index in [1.807, 2.05) is 18.9 Å². The van der Waals surface area contributed by atoms with Gasteiger partial charge in [-0.1, -0.05) is 24.0 Å². The van der Waals surface area contributed by atoms with Crippen molar-refractivity contribution in [3.63, 3.8) is 0 Å². The van der Waals surface area contributed by atoms with Crippen LogP contribution >= 0.6 is 0 Å². The number of carbonyl (C=O) groups is 1. The first kappa shape index (κ1) is 27.2. The third kappa shape index (κ3) is 6.09. The van der Waals surface area contributed by atoms with Crippen LogP contribution in [-0.4, -0.2) is 63.5 Å². The molecule has 11 heteroatoms. The molecule has 0 aliphatic carbocycles. The van der Waals surface area contributed by atoms with Gasteiger partial charge in [0, 0.05) is 61.3 Å². The summed E-state index contributed by atoms with van der Waals surface area (Å²) in [5, 5.41) is 8.88. The molecule has 40 heavy (non-hydrogen) atoms. The van der Waals surface area contributed by atoms with E-state index in [1.165, 1.54) is 16.5 Å². The lowest BCUT2D eigenvalue weighted by Gasteiger charge is -2.33. The van der Waals surface area contributed by atoms with E-state index in [9.17, 15) is 22.8 Å². The van der Waals surface area contributed by atoms with Gasteiger partial charge in [0.05, 0.1) is 5.56 Å². The van der Waals surface area contributed by atoms with E-state index < -0.39 is 17.6 Å². The van der Waals surface area contributed by atoms with Gasteiger partial charge in [-0.3, -0.25) is 14.1 Å². The number of aromatic nitrogens is 3. The molecular weight excluding hydrogens is 521 g/mol. The van der Waals surface area contributed by atoms with Crippen LogP contribution in [0.15, 0.2) is 59.5 Å². The molecule has 0 saturated carbocycles. The number of likely N-dealkylation sites (N-methyl/N-ethyl adjacent to an activating group) is 1. The first-order valence-electron chi connectivity index (χ1n) is 12.7. The van der Waals surface area contributed by atoms with Crippen LogP contribution in [-0.2, 0) is 12.7 Å². The highest BCUT2D eigenvalue weighted by molar-refractivity contribution is 6.04. The maximum atomic E-state index is 13.9. The van der Waals surface area contributed by atoms with E-state index in [4.69, 9.17) is 0 Å². The summed E-state index contributed by atoms with van der Waals surface area (Å²) in [5.41, 5.74) is 1.87. The molecule has 3 heterocycles. The smallest absolute Gasteiger partial charge is 0.322 e. The third-order valence-corrected chi connectivity index (χ3v) is 6.92. The van der Waals surface area contributed by atoms with Crippen LogP contribution in [0.1, 0.15) is 38.2 Å². The summed E-state index contributed by atoms with van der Waals surface area (Å²) in [6.07, 6.45) is -2.99. The molecule has 1 aliphatic rings. The molecule has 206 valence electrons. The standard InChI is InChI=1S/C29H27F3N6O2/c1-19-3-5-22(16-21(19)6-4-20-9-10-38-26(15-20)34-35-28(38)40)27(39)33-24-8-7-23(25(17-24)29(30,31)32)18-37-13-11-36(2)12-14-37/h3,5,7-10,15-17H,11-14,18H2,1-2H3,(H,33,39)(H,35,40). The zero-order chi connectivity index (χ0) is 28.4. The molecule has 1 saturated heterocycles. The quantitative estimate of drug-likeness (QED) is 0.380. The zero-order valence-electron chi connectivity index (χ0n) is 22.0. The topological polar surface area (TPSA) is 85.7 Å². The number of piperazine rings is 1. The Morgan fingerprint density at radius 1 is 1.05 bits per heavy atom. The molecule has 2 N–H and O–H groups in total. The molecule has 0 spiro atoms. The highest BCUT2D eigenvalue weighted by Gasteiger charge is 2.34. The number of nitrogens with zero attached hydrogens (tertiary/aromatic N) is 4. The van der Waals surface area contributed by atoms with Gasteiger partial charge in [0.1, 0.15) is 0 Å². The Morgan fingerprint density at radius 2 is 1.82 bits per heavy atom. The van der Waals surface area contributed by atoms with Gasteiger partial charge in [0.15, 0.2) is 5.65 Å². The fourth-order valence-corrected chi connectivity index (χ4v) is 4.53. The Labute approximate surface area is 228 Å². The van der Waals surface area contributed by atoms with E-state index in [-0.39, 0.29) is 29.0 Å². The molecule has 1 fully saturated rings. The summed E-state index contributed by atoms with van der Waals surface area (Å²) in [6, 6.07) is 12.2. The fraction of sp³-hybridized carbons (Fsp3) is 0.276. The number of anilines is 1. The molecule has 4 aromatic rings. The van der Waals surface area contributed by atoms with Crippen LogP contribution in [0.3, 0.4) is 0 Å². The highest BCUT2D eigenvalue weighted by atomic mass is 19.4. The van der Waals surface area contributed by atoms with E-state index in [0.717, 1.165) is 24.7 Å². The van der Waals surface area contributed by atoms with Crippen molar-refractivity contribution in [1.29, 1.82) is 0 Å². The van der Waals surface area contributed by atoms with Crippen molar-refractivity contribution < 1.29 is 18.0 Å². The van der Waals surface area contributed by atoms with Crippen LogP contribution in [0, 0.1) is 18.8 Å². The maximum absolute atomic E-state index is 13.9. The van der Waals surface area contributed by atoms with Crippen LogP contribution in [0.5, 0.6) is 0 Å². The van der Waals surface area contributed by atoms with Crippen molar-refractivity contribution in [1.82, 2.24) is 24.4 Å². The van der Waals surface area contributed by atoms with Gasteiger partial charge < -0.3 is 10.2 Å². The monoisotopic (exact) mass is 548 g/mol. The molecule has 5 rings (SSSR count). The predicted molar refractivity (Wildman–Crippen MR) is 145 cm³/mol. The lowest BCUT2D eigenvalue weighted by atomic mass is 10.0. The number of amides is 1. The lowest BCUT2D eigenvalue weighted by Crippen LogP contribution is -2.44. The summed E-state index contributed by atoms with van der Waals surface area (Å²) in [7, 11) is 1.99. The van der Waals surface area contributed by atoms with Crippen LogP contribution in [0.25, 0.3) is 5.65 Å². The first-order valence-corrected chi connectivity index (χ1v) is 12.7. The number of nitrogens with one attached hydrogen (secondary N) is 2. The number of carbonyl (C=O) groups excluding carboxylic acids is 1. The number of benzene rings is 2. The molecule has 0 unspecified atom stereocenters. The van der Waals surface area contributed by atoms with Crippen molar-refractivity contribution in [3.05, 3.63) is 98.6 Å². The Bertz CT molecular complexity index is 1690. The number of aromatic amines is 1. The minimum atomic E-state index is -4.55. The first-order chi connectivity index (χ1) is 19.1. The summed E-state index contributed by atoms with van der Waals surface area (Å²) in [4.78, 5) is 28.8. The molecular formula is C29H27F3N6O2. The minimum Gasteiger partial charge on any atom is -0.322 e. The van der Waals surface area contributed by atoms with Crippen molar-refractivity contribution in [2.24, 2.45) is 0 Å². The average molecular weight is 549 g/mol. The van der Waals surface area contributed by atoms with Gasteiger partial charge >= 0.3 is 11.9 Å². The number of alkyl halides is 3. The van der Waals surface area contributed by atoms with Gasteiger partial charge in [0.25, 0.3) is 5.91 Å². The fourth-order valence-electron chi connectivity index (χ4n) is 4.53. The number of halogens is 3. The minimum absolute atomic E-state index is 0.0650. The Balaban J connectivity index is 1.34.